The summed E-state index contributed by atoms with van der Waals surface area (Å²) < 4.78 is 0. The second-order valence-corrected chi connectivity index (χ2v) is 3.60. The fourth-order valence-electron chi connectivity index (χ4n) is 1.90. The predicted octanol–water partition coefficient (Wildman–Crippen LogP) is -0.0606. The molecule has 2 fully saturated rings. The summed E-state index contributed by atoms with van der Waals surface area (Å²) in [5.41, 5.74) is 0. The minimum absolute atomic E-state index is 0.599. The van der Waals surface area contributed by atoms with Crippen molar-refractivity contribution in [1.82, 2.24) is 4.90 Å². The van der Waals surface area contributed by atoms with Gasteiger partial charge in [-0.2, -0.15) is 0 Å². The molecule has 1 saturated carbocycles. The summed E-state index contributed by atoms with van der Waals surface area (Å²) in [6.45, 7) is 1.29. The summed E-state index contributed by atoms with van der Waals surface area (Å²) in [5, 5.41) is 8.44. The van der Waals surface area contributed by atoms with Gasteiger partial charge in [0.05, 0.1) is 0 Å². The predicted molar refractivity (Wildman–Crippen MR) is 40.4 cm³/mol. The minimum atomic E-state index is -1.32. The number of hydrogen-bond acceptors (Lipinski definition) is 2. The zero-order chi connectivity index (χ0) is 8.72. The van der Waals surface area contributed by atoms with Crippen molar-refractivity contribution in [2.45, 2.75) is 12.8 Å². The number of carboxylic acids is 1. The number of aliphatic carboxylic acids is 1. The van der Waals surface area contributed by atoms with Crippen molar-refractivity contribution in [2.24, 2.45) is 11.8 Å². The third-order valence-corrected chi connectivity index (χ3v) is 2.76. The van der Waals surface area contributed by atoms with Crippen LogP contribution in [0.2, 0.25) is 0 Å². The highest BCUT2D eigenvalue weighted by Crippen LogP contribution is 2.44. The number of amides is 1. The van der Waals surface area contributed by atoms with Gasteiger partial charge < -0.3 is 10.0 Å². The first-order valence-corrected chi connectivity index (χ1v) is 4.20. The van der Waals surface area contributed by atoms with Crippen LogP contribution in [-0.2, 0) is 9.59 Å². The van der Waals surface area contributed by atoms with Gasteiger partial charge in [-0.15, -0.1) is 0 Å². The van der Waals surface area contributed by atoms with Gasteiger partial charge in [0, 0.05) is 13.1 Å². The van der Waals surface area contributed by atoms with E-state index >= 15 is 0 Å². The zero-order valence-corrected chi connectivity index (χ0v) is 6.69. The van der Waals surface area contributed by atoms with Crippen LogP contribution in [0.1, 0.15) is 12.8 Å². The number of carbonyl (C=O) groups excluding carboxylic acids is 1. The lowest BCUT2D eigenvalue weighted by molar-refractivity contribution is -0.156. The smallest absolute Gasteiger partial charge is 0.394 e. The summed E-state index contributed by atoms with van der Waals surface area (Å²) in [7, 11) is 0. The van der Waals surface area contributed by atoms with Crippen molar-refractivity contribution in [1.29, 1.82) is 0 Å². The first-order valence-electron chi connectivity index (χ1n) is 4.20. The molecular weight excluding hydrogens is 158 g/mol. The molecule has 2 unspecified atom stereocenters. The number of nitrogens with zero attached hydrogens (tertiary/aromatic N) is 1. The van der Waals surface area contributed by atoms with Crippen LogP contribution in [-0.4, -0.2) is 35.0 Å². The molecule has 4 heteroatoms. The molecule has 2 atom stereocenters. The van der Waals surface area contributed by atoms with Crippen molar-refractivity contribution in [2.75, 3.05) is 13.1 Å². The molecule has 2 rings (SSSR count). The van der Waals surface area contributed by atoms with Crippen LogP contribution in [0.3, 0.4) is 0 Å². The molecule has 1 heterocycles. The Morgan fingerprint density at radius 1 is 1.33 bits per heavy atom. The fraction of sp³-hybridized carbons (Fsp3) is 0.750. The van der Waals surface area contributed by atoms with Crippen molar-refractivity contribution in [3.63, 3.8) is 0 Å². The Balaban J connectivity index is 1.95. The highest BCUT2D eigenvalue weighted by atomic mass is 16.4. The Kier molecular flexibility index (Phi) is 1.56. The van der Waals surface area contributed by atoms with Gasteiger partial charge in [0.25, 0.3) is 0 Å². The lowest BCUT2D eigenvalue weighted by atomic mass is 10.1. The standard InChI is InChI=1S/C8H11NO3/c10-7(8(11)12)9-2-1-5-3-6(5)4-9/h5-6H,1-4H2,(H,11,12). The van der Waals surface area contributed by atoms with Crippen LogP contribution in [0.4, 0.5) is 0 Å². The molecule has 0 radical (unpaired) electrons. The molecule has 1 saturated heterocycles. The molecule has 0 spiro atoms. The Bertz CT molecular complexity index is 238. The Morgan fingerprint density at radius 3 is 2.67 bits per heavy atom. The molecular formula is C8H11NO3. The summed E-state index contributed by atoms with van der Waals surface area (Å²) >= 11 is 0. The molecule has 4 nitrogen and oxygen atoms in total. The highest BCUT2D eigenvalue weighted by Gasteiger charge is 2.43. The van der Waals surface area contributed by atoms with E-state index in [0.717, 1.165) is 12.3 Å². The molecule has 1 aliphatic heterocycles. The van der Waals surface area contributed by atoms with Gasteiger partial charge in [-0.3, -0.25) is 4.79 Å². The Hall–Kier alpha value is -1.06. The third-order valence-electron chi connectivity index (χ3n) is 2.76. The Morgan fingerprint density at radius 2 is 2.08 bits per heavy atom. The van der Waals surface area contributed by atoms with Crippen LogP contribution in [0.25, 0.3) is 0 Å². The van der Waals surface area contributed by atoms with Crippen LogP contribution < -0.4 is 0 Å². The van der Waals surface area contributed by atoms with E-state index in [1.165, 1.54) is 11.3 Å². The molecule has 1 aliphatic carbocycles. The monoisotopic (exact) mass is 169 g/mol. The topological polar surface area (TPSA) is 57.6 Å². The molecule has 0 bridgehead atoms. The van der Waals surface area contributed by atoms with Gasteiger partial charge in [-0.05, 0) is 24.7 Å². The SMILES string of the molecule is O=C(O)C(=O)N1CCC2CC2C1. The highest BCUT2D eigenvalue weighted by molar-refractivity contribution is 6.31. The molecule has 0 aromatic heterocycles. The summed E-state index contributed by atoms with van der Waals surface area (Å²) in [5.74, 6) is -0.681. The maximum Gasteiger partial charge on any atom is 0.394 e. The second-order valence-electron chi connectivity index (χ2n) is 3.60. The van der Waals surface area contributed by atoms with Gasteiger partial charge in [-0.1, -0.05) is 0 Å². The molecule has 66 valence electrons. The number of rotatable bonds is 0. The molecule has 2 aliphatic rings. The molecule has 1 amide bonds. The summed E-state index contributed by atoms with van der Waals surface area (Å²) in [6, 6.07) is 0. The number of carboxylic acid groups (broad SMARTS) is 1. The third kappa shape index (κ3) is 1.17. The van der Waals surface area contributed by atoms with E-state index in [9.17, 15) is 9.59 Å². The lowest BCUT2D eigenvalue weighted by Gasteiger charge is -2.24. The Labute approximate surface area is 70.2 Å². The van der Waals surface area contributed by atoms with Gasteiger partial charge >= 0.3 is 11.9 Å². The van der Waals surface area contributed by atoms with E-state index in [2.05, 4.69) is 0 Å². The summed E-state index contributed by atoms with van der Waals surface area (Å²) in [6.07, 6.45) is 2.17. The number of hydrogen-bond donors (Lipinski definition) is 1. The van der Waals surface area contributed by atoms with Crippen molar-refractivity contribution >= 4 is 11.9 Å². The van der Waals surface area contributed by atoms with Gasteiger partial charge in [-0.25, -0.2) is 4.79 Å². The number of likely N-dealkylation sites (tertiary alicyclic amines) is 1. The largest absolute Gasteiger partial charge is 0.474 e. The van der Waals surface area contributed by atoms with E-state index in [1.807, 2.05) is 0 Å². The lowest BCUT2D eigenvalue weighted by Crippen LogP contribution is -2.40. The minimum Gasteiger partial charge on any atom is -0.474 e. The average Bonchev–Trinajstić information content (AvgIpc) is 2.79. The summed E-state index contributed by atoms with van der Waals surface area (Å²) in [4.78, 5) is 22.8. The van der Waals surface area contributed by atoms with E-state index in [0.29, 0.717) is 19.0 Å². The van der Waals surface area contributed by atoms with Crippen LogP contribution >= 0.6 is 0 Å². The number of piperidine rings is 1. The molecule has 0 aromatic rings. The molecule has 12 heavy (non-hydrogen) atoms. The van der Waals surface area contributed by atoms with Crippen molar-refractivity contribution in [3.05, 3.63) is 0 Å². The maximum atomic E-state index is 11.0. The van der Waals surface area contributed by atoms with E-state index in [1.54, 1.807) is 0 Å². The van der Waals surface area contributed by atoms with Gasteiger partial charge in [0.1, 0.15) is 0 Å². The van der Waals surface area contributed by atoms with Crippen LogP contribution in [0.15, 0.2) is 0 Å². The quantitative estimate of drug-likeness (QED) is 0.517. The normalized spacial score (nSPS) is 32.5. The van der Waals surface area contributed by atoms with Gasteiger partial charge in [0.15, 0.2) is 0 Å². The number of fused-ring (bicyclic) bond motifs is 1. The van der Waals surface area contributed by atoms with Crippen molar-refractivity contribution < 1.29 is 14.7 Å². The molecule has 0 aromatic carbocycles. The van der Waals surface area contributed by atoms with Crippen LogP contribution in [0, 0.1) is 11.8 Å². The fourth-order valence-corrected chi connectivity index (χ4v) is 1.90. The molecule has 1 N–H and O–H groups in total. The average molecular weight is 169 g/mol. The zero-order valence-electron chi connectivity index (χ0n) is 6.69. The van der Waals surface area contributed by atoms with Crippen LogP contribution in [0.5, 0.6) is 0 Å². The van der Waals surface area contributed by atoms with Crippen molar-refractivity contribution in [3.8, 4) is 0 Å². The van der Waals surface area contributed by atoms with E-state index in [4.69, 9.17) is 5.11 Å². The van der Waals surface area contributed by atoms with E-state index in [-0.39, 0.29) is 0 Å². The number of carbonyl (C=O) groups is 2. The maximum absolute atomic E-state index is 11.0. The first kappa shape index (κ1) is 7.58. The van der Waals surface area contributed by atoms with E-state index < -0.39 is 11.9 Å². The second kappa shape index (κ2) is 2.47. The van der Waals surface area contributed by atoms with Gasteiger partial charge in [0.2, 0.25) is 0 Å². The first-order chi connectivity index (χ1) is 5.68.